The summed E-state index contributed by atoms with van der Waals surface area (Å²) in [5.41, 5.74) is -0.661. The van der Waals surface area contributed by atoms with Crippen molar-refractivity contribution in [3.8, 4) is 6.07 Å². The molecule has 0 radical (unpaired) electrons. The zero-order chi connectivity index (χ0) is 14.6. The number of Topliss-reactive ketones (excluding diaryl/α,β-unsaturated/α-hetero) is 1. The molecule has 0 aromatic heterocycles. The Hall–Kier alpha value is -2.48. The summed E-state index contributed by atoms with van der Waals surface area (Å²) >= 11 is 0. The summed E-state index contributed by atoms with van der Waals surface area (Å²) < 4.78 is 0. The third-order valence-corrected chi connectivity index (χ3v) is 2.48. The van der Waals surface area contributed by atoms with E-state index < -0.39 is 10.3 Å². The molecular formula is C14H14N2O3. The van der Waals surface area contributed by atoms with Crippen molar-refractivity contribution < 1.29 is 9.72 Å². The van der Waals surface area contributed by atoms with Gasteiger partial charge in [0.2, 0.25) is 0 Å². The molecule has 0 unspecified atom stereocenters. The summed E-state index contributed by atoms with van der Waals surface area (Å²) in [4.78, 5) is 22.3. The van der Waals surface area contributed by atoms with Crippen LogP contribution in [0.2, 0.25) is 0 Å². The molecule has 0 N–H and O–H groups in total. The Morgan fingerprint density at radius 2 is 1.95 bits per heavy atom. The lowest BCUT2D eigenvalue weighted by Crippen LogP contribution is -2.21. The van der Waals surface area contributed by atoms with Gasteiger partial charge in [-0.05, 0) is 12.1 Å². The maximum absolute atomic E-state index is 12.0. The van der Waals surface area contributed by atoms with Crippen molar-refractivity contribution in [3.05, 3.63) is 45.5 Å². The Labute approximate surface area is 111 Å². The van der Waals surface area contributed by atoms with E-state index in [1.807, 2.05) is 6.07 Å². The first-order valence-corrected chi connectivity index (χ1v) is 5.67. The second-order valence-electron chi connectivity index (χ2n) is 5.06. The number of nitro groups is 1. The molecule has 5 nitrogen and oxygen atoms in total. The molecule has 5 heteroatoms. The molecule has 0 aliphatic heterocycles. The second kappa shape index (κ2) is 5.44. The van der Waals surface area contributed by atoms with E-state index in [9.17, 15) is 14.9 Å². The number of carbonyl (C=O) groups excluding carboxylic acids is 1. The van der Waals surface area contributed by atoms with Crippen LogP contribution in [0.3, 0.4) is 0 Å². The zero-order valence-corrected chi connectivity index (χ0v) is 11.0. The predicted molar refractivity (Wildman–Crippen MR) is 71.1 cm³/mol. The number of nitro benzene ring substituents is 1. The van der Waals surface area contributed by atoms with Crippen molar-refractivity contribution in [2.75, 3.05) is 0 Å². The summed E-state index contributed by atoms with van der Waals surface area (Å²) in [6, 6.07) is 7.81. The van der Waals surface area contributed by atoms with Gasteiger partial charge in [-0.2, -0.15) is 5.26 Å². The van der Waals surface area contributed by atoms with Gasteiger partial charge in [-0.3, -0.25) is 14.9 Å². The lowest BCUT2D eigenvalue weighted by atomic mass is 9.86. The smallest absolute Gasteiger partial charge is 0.276 e. The van der Waals surface area contributed by atoms with Gasteiger partial charge >= 0.3 is 0 Å². The van der Waals surface area contributed by atoms with Crippen LogP contribution < -0.4 is 0 Å². The van der Waals surface area contributed by atoms with Gasteiger partial charge < -0.3 is 0 Å². The van der Waals surface area contributed by atoms with Crippen LogP contribution in [0.15, 0.2) is 29.8 Å². The molecule has 0 spiro atoms. The first-order chi connectivity index (χ1) is 8.77. The minimum absolute atomic E-state index is 0.0817. The molecule has 1 rings (SSSR count). The van der Waals surface area contributed by atoms with Crippen LogP contribution in [-0.4, -0.2) is 10.7 Å². The van der Waals surface area contributed by atoms with Gasteiger partial charge in [-0.15, -0.1) is 0 Å². The fraction of sp³-hybridized carbons (Fsp3) is 0.286. The van der Waals surface area contributed by atoms with Crippen molar-refractivity contribution in [1.82, 2.24) is 0 Å². The zero-order valence-electron chi connectivity index (χ0n) is 11.0. The summed E-state index contributed by atoms with van der Waals surface area (Å²) in [6.45, 7) is 5.08. The van der Waals surface area contributed by atoms with Crippen LogP contribution in [0.4, 0.5) is 5.69 Å². The van der Waals surface area contributed by atoms with Crippen molar-refractivity contribution in [3.63, 3.8) is 0 Å². The van der Waals surface area contributed by atoms with Crippen molar-refractivity contribution in [2.45, 2.75) is 20.8 Å². The van der Waals surface area contributed by atoms with Crippen molar-refractivity contribution in [1.29, 1.82) is 5.26 Å². The number of ketones is 1. The number of nitrogens with zero attached hydrogens (tertiary/aromatic N) is 2. The first-order valence-electron chi connectivity index (χ1n) is 5.67. The Morgan fingerprint density at radius 1 is 1.37 bits per heavy atom. The van der Waals surface area contributed by atoms with E-state index in [1.165, 1.54) is 24.3 Å². The van der Waals surface area contributed by atoms with Crippen LogP contribution in [-0.2, 0) is 4.79 Å². The molecule has 0 aliphatic carbocycles. The summed E-state index contributed by atoms with van der Waals surface area (Å²) in [7, 11) is 0. The highest BCUT2D eigenvalue weighted by molar-refractivity contribution is 6.06. The lowest BCUT2D eigenvalue weighted by molar-refractivity contribution is -0.385. The summed E-state index contributed by atoms with van der Waals surface area (Å²) in [5, 5.41) is 19.9. The Morgan fingerprint density at radius 3 is 2.42 bits per heavy atom. The van der Waals surface area contributed by atoms with E-state index in [0.29, 0.717) is 0 Å². The number of hydrogen-bond acceptors (Lipinski definition) is 4. The standard InChI is InChI=1S/C14H14N2O3/c1-14(2,3)13(17)11(9-15)8-10-6-4-5-7-12(10)16(18)19/h4-8H,1-3H3/b11-8+. The molecule has 0 saturated carbocycles. The fourth-order valence-corrected chi connectivity index (χ4v) is 1.48. The SMILES string of the molecule is CC(C)(C)C(=O)/C(C#N)=C/c1ccccc1[N+](=O)[O-]. The molecular weight excluding hydrogens is 244 g/mol. The minimum Gasteiger partial charge on any atom is -0.293 e. The van der Waals surface area contributed by atoms with Crippen molar-refractivity contribution >= 4 is 17.5 Å². The van der Waals surface area contributed by atoms with Gasteiger partial charge in [0.05, 0.1) is 16.1 Å². The molecule has 98 valence electrons. The first kappa shape index (κ1) is 14.6. The second-order valence-corrected chi connectivity index (χ2v) is 5.06. The minimum atomic E-state index is -0.703. The van der Waals surface area contributed by atoms with Gasteiger partial charge in [-0.1, -0.05) is 32.9 Å². The molecule has 0 atom stereocenters. The molecule has 0 amide bonds. The molecule has 0 fully saturated rings. The largest absolute Gasteiger partial charge is 0.293 e. The van der Waals surface area contributed by atoms with Gasteiger partial charge in [0.25, 0.3) is 5.69 Å². The number of benzene rings is 1. The Kier molecular flexibility index (Phi) is 4.18. The average molecular weight is 258 g/mol. The highest BCUT2D eigenvalue weighted by Crippen LogP contribution is 2.24. The number of hydrogen-bond donors (Lipinski definition) is 0. The van der Waals surface area contributed by atoms with Gasteiger partial charge in [0.15, 0.2) is 5.78 Å². The highest BCUT2D eigenvalue weighted by atomic mass is 16.6. The van der Waals surface area contributed by atoms with Crippen LogP contribution in [0.1, 0.15) is 26.3 Å². The van der Waals surface area contributed by atoms with E-state index in [1.54, 1.807) is 26.8 Å². The average Bonchev–Trinajstić information content (AvgIpc) is 2.34. The topological polar surface area (TPSA) is 84.0 Å². The molecule has 19 heavy (non-hydrogen) atoms. The fourth-order valence-electron chi connectivity index (χ4n) is 1.48. The number of nitriles is 1. The molecule has 0 bridgehead atoms. The van der Waals surface area contributed by atoms with Crippen LogP contribution in [0, 0.1) is 26.9 Å². The lowest BCUT2D eigenvalue weighted by Gasteiger charge is -2.15. The summed E-state index contributed by atoms with van der Waals surface area (Å²) in [5.74, 6) is -0.340. The van der Waals surface area contributed by atoms with E-state index >= 15 is 0 Å². The normalized spacial score (nSPS) is 11.8. The third-order valence-electron chi connectivity index (χ3n) is 2.48. The van der Waals surface area contributed by atoms with Gasteiger partial charge in [0.1, 0.15) is 6.07 Å². The van der Waals surface area contributed by atoms with Gasteiger partial charge in [-0.25, -0.2) is 0 Å². The van der Waals surface area contributed by atoms with E-state index in [-0.39, 0.29) is 22.6 Å². The molecule has 1 aromatic rings. The van der Waals surface area contributed by atoms with Crippen molar-refractivity contribution in [2.24, 2.45) is 5.41 Å². The van der Waals surface area contributed by atoms with Crippen LogP contribution in [0.25, 0.3) is 6.08 Å². The molecule has 1 aromatic carbocycles. The van der Waals surface area contributed by atoms with E-state index in [0.717, 1.165) is 0 Å². The number of para-hydroxylation sites is 1. The number of rotatable bonds is 3. The Balaban J connectivity index is 3.32. The number of allylic oxidation sites excluding steroid dienone is 1. The monoisotopic (exact) mass is 258 g/mol. The third kappa shape index (κ3) is 3.49. The molecule has 0 aliphatic rings. The quantitative estimate of drug-likeness (QED) is 0.361. The maximum atomic E-state index is 12.0. The molecule has 0 saturated heterocycles. The van der Waals surface area contributed by atoms with E-state index in [2.05, 4.69) is 0 Å². The Bertz CT molecular complexity index is 589. The predicted octanol–water partition coefficient (Wildman–Crippen LogP) is 3.12. The van der Waals surface area contributed by atoms with Gasteiger partial charge in [0, 0.05) is 11.5 Å². The molecule has 0 heterocycles. The summed E-state index contributed by atoms with van der Waals surface area (Å²) in [6.07, 6.45) is 1.27. The van der Waals surface area contributed by atoms with Crippen LogP contribution in [0.5, 0.6) is 0 Å². The maximum Gasteiger partial charge on any atom is 0.276 e. The highest BCUT2D eigenvalue weighted by Gasteiger charge is 2.25. The van der Waals surface area contributed by atoms with Crippen LogP contribution >= 0.6 is 0 Å². The number of carbonyl (C=O) groups is 1. The van der Waals surface area contributed by atoms with E-state index in [4.69, 9.17) is 5.26 Å².